The summed E-state index contributed by atoms with van der Waals surface area (Å²) in [4.78, 5) is 30.6. The molecule has 190 valence electrons. The number of aliphatic hydroxyl groups excluding tert-OH is 1. The molecule has 1 N–H and O–H groups in total. The quantitative estimate of drug-likeness (QED) is 0.272. The van der Waals surface area contributed by atoms with Crippen LogP contribution in [0.25, 0.3) is 5.76 Å². The number of aryl methyl sites for hydroxylation is 2. The van der Waals surface area contributed by atoms with Crippen molar-refractivity contribution in [2.24, 2.45) is 5.92 Å². The van der Waals surface area contributed by atoms with E-state index in [-0.39, 0.29) is 11.3 Å². The van der Waals surface area contributed by atoms with E-state index < -0.39 is 17.7 Å². The molecule has 0 spiro atoms. The van der Waals surface area contributed by atoms with Crippen LogP contribution < -0.4 is 9.80 Å². The summed E-state index contributed by atoms with van der Waals surface area (Å²) in [5.74, 6) is -0.348. The summed E-state index contributed by atoms with van der Waals surface area (Å²) in [7, 11) is 0. The Balaban J connectivity index is 1.39. The van der Waals surface area contributed by atoms with Crippen molar-refractivity contribution >= 4 is 28.8 Å². The number of hydrogen-bond donors (Lipinski definition) is 1. The number of anilines is 2. The predicted molar refractivity (Wildman–Crippen MR) is 144 cm³/mol. The predicted octanol–water partition coefficient (Wildman–Crippen LogP) is 6.02. The number of aliphatic hydroxyl groups is 1. The highest BCUT2D eigenvalue weighted by Gasteiger charge is 2.48. The molecule has 0 bridgehead atoms. The van der Waals surface area contributed by atoms with Gasteiger partial charge in [0, 0.05) is 30.0 Å². The first-order chi connectivity index (χ1) is 18.0. The first kappa shape index (κ1) is 23.6. The van der Waals surface area contributed by atoms with Gasteiger partial charge in [0.2, 0.25) is 0 Å². The Morgan fingerprint density at radius 2 is 1.62 bits per heavy atom. The van der Waals surface area contributed by atoms with Crippen LogP contribution >= 0.6 is 0 Å². The van der Waals surface area contributed by atoms with E-state index in [1.165, 1.54) is 22.3 Å². The van der Waals surface area contributed by atoms with Crippen molar-refractivity contribution in [1.82, 2.24) is 0 Å². The number of piperidine rings is 1. The Hall–Kier alpha value is -3.80. The summed E-state index contributed by atoms with van der Waals surface area (Å²) < 4.78 is 5.70. The van der Waals surface area contributed by atoms with E-state index in [1.54, 1.807) is 12.1 Å². The van der Waals surface area contributed by atoms with Crippen molar-refractivity contribution in [2.45, 2.75) is 51.5 Å². The average molecular weight is 497 g/mol. The van der Waals surface area contributed by atoms with E-state index in [0.29, 0.717) is 17.0 Å². The molecule has 0 saturated carbocycles. The Kier molecular flexibility index (Phi) is 6.11. The van der Waals surface area contributed by atoms with Gasteiger partial charge in [0.25, 0.3) is 11.7 Å². The number of ketones is 1. The maximum Gasteiger partial charge on any atom is 0.300 e. The number of nitrogens with zero attached hydrogens (tertiary/aromatic N) is 2. The minimum Gasteiger partial charge on any atom is -0.507 e. The third-order valence-corrected chi connectivity index (χ3v) is 8.16. The van der Waals surface area contributed by atoms with Gasteiger partial charge < -0.3 is 14.4 Å². The van der Waals surface area contributed by atoms with Gasteiger partial charge in [-0.2, -0.15) is 0 Å². The van der Waals surface area contributed by atoms with Crippen LogP contribution in [0.15, 0.2) is 70.9 Å². The molecule has 1 amide bonds. The number of furan rings is 1. The van der Waals surface area contributed by atoms with Gasteiger partial charge in [-0.15, -0.1) is 0 Å². The normalized spacial score (nSPS) is 21.9. The molecule has 3 aromatic rings. The van der Waals surface area contributed by atoms with Crippen molar-refractivity contribution in [3.05, 3.63) is 88.9 Å². The lowest BCUT2D eigenvalue weighted by atomic mass is 9.89. The molecule has 1 atom stereocenters. The van der Waals surface area contributed by atoms with Crippen LogP contribution in [-0.4, -0.2) is 29.9 Å². The van der Waals surface area contributed by atoms with E-state index in [1.807, 2.05) is 42.5 Å². The molecule has 0 radical (unpaired) electrons. The van der Waals surface area contributed by atoms with Gasteiger partial charge in [-0.1, -0.05) is 19.1 Å². The highest BCUT2D eigenvalue weighted by atomic mass is 16.3. The number of Topliss-reactive ketones (excluding diaryl/α,β-unsaturated/α-hetero) is 1. The van der Waals surface area contributed by atoms with Gasteiger partial charge in [0.05, 0.1) is 11.8 Å². The lowest BCUT2D eigenvalue weighted by molar-refractivity contribution is -0.132. The lowest BCUT2D eigenvalue weighted by Crippen LogP contribution is -2.33. The number of hydrogen-bond acceptors (Lipinski definition) is 5. The van der Waals surface area contributed by atoms with Crippen molar-refractivity contribution in [3.63, 3.8) is 0 Å². The maximum atomic E-state index is 13.4. The van der Waals surface area contributed by atoms with Crippen molar-refractivity contribution in [2.75, 3.05) is 22.9 Å². The van der Waals surface area contributed by atoms with Crippen molar-refractivity contribution < 1.29 is 19.1 Å². The van der Waals surface area contributed by atoms with E-state index >= 15 is 0 Å². The number of carbonyl (C=O) groups is 2. The SMILES string of the molecule is CC1CCN(c2ccc(N3C(=O)C(=O)/C(=C(\O)c4ccc5c(c4)CCCC5)C3c3ccco3)cc2)CC1. The monoisotopic (exact) mass is 496 g/mol. The fraction of sp³-hybridized carbons (Fsp3) is 0.355. The second-order valence-corrected chi connectivity index (χ2v) is 10.6. The number of rotatable bonds is 4. The fourth-order valence-electron chi connectivity index (χ4n) is 5.94. The maximum absolute atomic E-state index is 13.4. The molecule has 2 fully saturated rings. The number of benzene rings is 2. The van der Waals surface area contributed by atoms with Gasteiger partial charge >= 0.3 is 0 Å². The molecule has 2 saturated heterocycles. The third-order valence-electron chi connectivity index (χ3n) is 8.16. The molecule has 6 rings (SSSR count). The molecule has 1 unspecified atom stereocenters. The lowest BCUT2D eigenvalue weighted by Gasteiger charge is -2.32. The fourth-order valence-corrected chi connectivity index (χ4v) is 5.94. The first-order valence-electron chi connectivity index (χ1n) is 13.3. The van der Waals surface area contributed by atoms with Crippen LogP contribution in [0.5, 0.6) is 0 Å². The molecule has 3 aliphatic rings. The number of carbonyl (C=O) groups excluding carboxylic acids is 2. The van der Waals surface area contributed by atoms with Gasteiger partial charge in [-0.25, -0.2) is 0 Å². The van der Waals surface area contributed by atoms with Crippen molar-refractivity contribution in [1.29, 1.82) is 0 Å². The average Bonchev–Trinajstić information content (AvgIpc) is 3.55. The molecule has 6 nitrogen and oxygen atoms in total. The summed E-state index contributed by atoms with van der Waals surface area (Å²) in [5.41, 5.74) is 4.81. The van der Waals surface area contributed by atoms with Crippen LogP contribution in [0.3, 0.4) is 0 Å². The standard InChI is InChI=1S/C31H32N2O4/c1-20-14-16-32(17-15-20)24-10-12-25(13-11-24)33-28(26-7-4-18-37-26)27(30(35)31(33)36)29(34)23-9-8-21-5-2-3-6-22(21)19-23/h4,7-13,18-20,28,34H,2-3,5-6,14-17H2,1H3/b29-27-. The molecule has 3 heterocycles. The molecule has 1 aliphatic carbocycles. The van der Waals surface area contributed by atoms with E-state index in [4.69, 9.17) is 4.42 Å². The Bertz CT molecular complexity index is 1350. The Labute approximate surface area is 217 Å². The summed E-state index contributed by atoms with van der Waals surface area (Å²) in [6.45, 7) is 4.31. The zero-order valence-electron chi connectivity index (χ0n) is 21.2. The van der Waals surface area contributed by atoms with E-state index in [9.17, 15) is 14.7 Å². The largest absolute Gasteiger partial charge is 0.507 e. The number of amides is 1. The highest BCUT2D eigenvalue weighted by Crippen LogP contribution is 2.43. The van der Waals surface area contributed by atoms with Gasteiger partial charge in [-0.05, 0) is 98.0 Å². The minimum absolute atomic E-state index is 0.0600. The molecule has 2 aliphatic heterocycles. The van der Waals surface area contributed by atoms with Gasteiger partial charge in [-0.3, -0.25) is 14.5 Å². The highest BCUT2D eigenvalue weighted by molar-refractivity contribution is 6.51. The van der Waals surface area contributed by atoms with E-state index in [2.05, 4.69) is 11.8 Å². The second-order valence-electron chi connectivity index (χ2n) is 10.6. The van der Waals surface area contributed by atoms with Crippen LogP contribution in [0, 0.1) is 5.92 Å². The zero-order valence-corrected chi connectivity index (χ0v) is 21.2. The summed E-state index contributed by atoms with van der Waals surface area (Å²) >= 11 is 0. The molecular formula is C31H32N2O4. The molecule has 6 heteroatoms. The van der Waals surface area contributed by atoms with Crippen LogP contribution in [0.2, 0.25) is 0 Å². The minimum atomic E-state index is -0.840. The zero-order chi connectivity index (χ0) is 25.5. The Morgan fingerprint density at radius 3 is 2.32 bits per heavy atom. The van der Waals surface area contributed by atoms with Crippen LogP contribution in [-0.2, 0) is 22.4 Å². The van der Waals surface area contributed by atoms with Crippen LogP contribution in [0.4, 0.5) is 11.4 Å². The number of fused-ring (bicyclic) bond motifs is 1. The van der Waals surface area contributed by atoms with Crippen LogP contribution in [0.1, 0.15) is 61.1 Å². The topological polar surface area (TPSA) is 74.0 Å². The smallest absolute Gasteiger partial charge is 0.300 e. The summed E-state index contributed by atoms with van der Waals surface area (Å²) in [6.07, 6.45) is 8.11. The molecular weight excluding hydrogens is 464 g/mol. The summed E-state index contributed by atoms with van der Waals surface area (Å²) in [5, 5.41) is 11.4. The first-order valence-corrected chi connectivity index (χ1v) is 13.3. The van der Waals surface area contributed by atoms with E-state index in [0.717, 1.165) is 63.2 Å². The third kappa shape index (κ3) is 4.24. The second kappa shape index (κ2) is 9.58. The van der Waals surface area contributed by atoms with Gasteiger partial charge in [0.1, 0.15) is 17.6 Å². The Morgan fingerprint density at radius 1 is 0.919 bits per heavy atom. The molecule has 2 aromatic carbocycles. The summed E-state index contributed by atoms with van der Waals surface area (Å²) in [6, 6.07) is 16.3. The van der Waals surface area contributed by atoms with Gasteiger partial charge in [0.15, 0.2) is 0 Å². The van der Waals surface area contributed by atoms with Crippen molar-refractivity contribution in [3.8, 4) is 0 Å². The molecule has 37 heavy (non-hydrogen) atoms. The molecule has 1 aromatic heterocycles.